The third-order valence-electron chi connectivity index (χ3n) is 4.78. The minimum Gasteiger partial charge on any atom is -0.374 e. The number of carbonyl (C=O) groups excluding carboxylic acids is 1. The van der Waals surface area contributed by atoms with Gasteiger partial charge in [-0.25, -0.2) is 0 Å². The van der Waals surface area contributed by atoms with Crippen LogP contribution in [0.4, 0.5) is 0 Å². The average molecular weight is 312 g/mol. The van der Waals surface area contributed by atoms with E-state index in [-0.39, 0.29) is 18.1 Å². The molecule has 4 rings (SSSR count). The summed E-state index contributed by atoms with van der Waals surface area (Å²) in [6.07, 6.45) is 4.57. The molecular formula is C18H20N2O3. The van der Waals surface area contributed by atoms with Crippen molar-refractivity contribution in [2.75, 3.05) is 13.2 Å². The first-order valence-corrected chi connectivity index (χ1v) is 8.27. The maximum atomic E-state index is 12.8. The van der Waals surface area contributed by atoms with Crippen LogP contribution in [0.25, 0.3) is 11.3 Å². The van der Waals surface area contributed by atoms with Crippen LogP contribution in [-0.4, -0.2) is 41.3 Å². The zero-order chi connectivity index (χ0) is 15.6. The van der Waals surface area contributed by atoms with Gasteiger partial charge >= 0.3 is 0 Å². The molecule has 2 atom stereocenters. The fourth-order valence-electron chi connectivity index (χ4n) is 3.61. The van der Waals surface area contributed by atoms with Crippen molar-refractivity contribution in [1.29, 1.82) is 0 Å². The fourth-order valence-corrected chi connectivity index (χ4v) is 3.61. The van der Waals surface area contributed by atoms with Crippen molar-refractivity contribution in [3.63, 3.8) is 0 Å². The smallest absolute Gasteiger partial charge is 0.292 e. The van der Waals surface area contributed by atoms with Crippen molar-refractivity contribution in [3.05, 3.63) is 42.2 Å². The van der Waals surface area contributed by atoms with Gasteiger partial charge in [0.25, 0.3) is 5.91 Å². The molecule has 1 aromatic heterocycles. The fraction of sp³-hybridized carbons (Fsp3) is 0.444. The predicted molar refractivity (Wildman–Crippen MR) is 85.0 cm³/mol. The van der Waals surface area contributed by atoms with E-state index in [0.717, 1.165) is 24.8 Å². The Bertz CT molecular complexity index is 681. The first-order valence-electron chi connectivity index (χ1n) is 8.27. The molecule has 23 heavy (non-hydrogen) atoms. The molecule has 2 fully saturated rings. The molecule has 5 heteroatoms. The van der Waals surface area contributed by atoms with Crippen LogP contribution < -0.4 is 0 Å². The molecule has 2 heterocycles. The summed E-state index contributed by atoms with van der Waals surface area (Å²) in [4.78, 5) is 14.8. The normalized spacial score (nSPS) is 24.3. The Balaban J connectivity index is 1.56. The van der Waals surface area contributed by atoms with E-state index in [1.807, 2.05) is 35.2 Å². The van der Waals surface area contributed by atoms with E-state index in [0.29, 0.717) is 24.6 Å². The number of aromatic nitrogens is 1. The number of amides is 1. The zero-order valence-corrected chi connectivity index (χ0v) is 13.0. The summed E-state index contributed by atoms with van der Waals surface area (Å²) < 4.78 is 11.2. The molecule has 1 saturated heterocycles. The number of fused-ring (bicyclic) bond motifs is 1. The van der Waals surface area contributed by atoms with Crippen LogP contribution in [0.2, 0.25) is 0 Å². The molecule has 0 unspecified atom stereocenters. The van der Waals surface area contributed by atoms with E-state index in [1.165, 1.54) is 6.42 Å². The predicted octanol–water partition coefficient (Wildman–Crippen LogP) is 3.13. The molecule has 0 N–H and O–H groups in total. The molecule has 1 aliphatic heterocycles. The van der Waals surface area contributed by atoms with Gasteiger partial charge in [-0.1, -0.05) is 48.3 Å². The van der Waals surface area contributed by atoms with Crippen LogP contribution >= 0.6 is 0 Å². The lowest BCUT2D eigenvalue weighted by molar-refractivity contribution is -0.0760. The maximum absolute atomic E-state index is 12.8. The van der Waals surface area contributed by atoms with Crippen LogP contribution in [0.1, 0.15) is 36.2 Å². The van der Waals surface area contributed by atoms with Gasteiger partial charge in [0.2, 0.25) is 5.76 Å². The van der Waals surface area contributed by atoms with Gasteiger partial charge in [-0.3, -0.25) is 4.79 Å². The summed E-state index contributed by atoms with van der Waals surface area (Å²) >= 11 is 0. The second-order valence-electron chi connectivity index (χ2n) is 6.20. The van der Waals surface area contributed by atoms with E-state index in [2.05, 4.69) is 5.16 Å². The van der Waals surface area contributed by atoms with Gasteiger partial charge in [-0.15, -0.1) is 0 Å². The molecule has 120 valence electrons. The largest absolute Gasteiger partial charge is 0.374 e. The second-order valence-corrected chi connectivity index (χ2v) is 6.20. The van der Waals surface area contributed by atoms with Crippen LogP contribution in [0.3, 0.4) is 0 Å². The van der Waals surface area contributed by atoms with Gasteiger partial charge in [0.05, 0.1) is 18.8 Å². The maximum Gasteiger partial charge on any atom is 0.292 e. The van der Waals surface area contributed by atoms with Gasteiger partial charge in [0, 0.05) is 18.2 Å². The first kappa shape index (κ1) is 14.5. The SMILES string of the molecule is O=C(c1cc(-c2ccccc2)no1)N1CCO[C@@H]2CCCC[C@@H]21. The standard InChI is InChI=1S/C18H20N2O3/c21-18(20-10-11-22-16-9-5-4-8-15(16)20)17-12-14(19-23-17)13-6-2-1-3-7-13/h1-3,6-7,12,15-16H,4-5,8-11H2/t15-,16+/m0/s1. The van der Waals surface area contributed by atoms with E-state index < -0.39 is 0 Å². The topological polar surface area (TPSA) is 55.6 Å². The Morgan fingerprint density at radius 2 is 2.00 bits per heavy atom. The van der Waals surface area contributed by atoms with E-state index >= 15 is 0 Å². The number of hydrogen-bond donors (Lipinski definition) is 0. The number of hydrogen-bond acceptors (Lipinski definition) is 4. The molecule has 1 aliphatic carbocycles. The molecule has 0 spiro atoms. The van der Waals surface area contributed by atoms with Gasteiger partial charge in [0.1, 0.15) is 5.69 Å². The lowest BCUT2D eigenvalue weighted by Gasteiger charge is -2.43. The second kappa shape index (κ2) is 6.16. The molecule has 1 amide bonds. The van der Waals surface area contributed by atoms with Crippen LogP contribution in [0.15, 0.2) is 40.9 Å². The van der Waals surface area contributed by atoms with Gasteiger partial charge in [0.15, 0.2) is 0 Å². The highest BCUT2D eigenvalue weighted by Crippen LogP contribution is 2.30. The van der Waals surface area contributed by atoms with Crippen molar-refractivity contribution in [2.24, 2.45) is 0 Å². The molecule has 0 radical (unpaired) electrons. The minimum atomic E-state index is -0.0696. The number of carbonyl (C=O) groups is 1. The Morgan fingerprint density at radius 3 is 2.87 bits per heavy atom. The van der Waals surface area contributed by atoms with Crippen LogP contribution in [0.5, 0.6) is 0 Å². The lowest BCUT2D eigenvalue weighted by atomic mass is 9.90. The highest BCUT2D eigenvalue weighted by Gasteiger charge is 2.38. The quantitative estimate of drug-likeness (QED) is 0.855. The number of rotatable bonds is 2. The first-order chi connectivity index (χ1) is 11.3. The lowest BCUT2D eigenvalue weighted by Crippen LogP contribution is -2.54. The Kier molecular flexibility index (Phi) is 3.87. The molecule has 1 saturated carbocycles. The number of benzene rings is 1. The summed E-state index contributed by atoms with van der Waals surface area (Å²) in [5.41, 5.74) is 1.65. The highest BCUT2D eigenvalue weighted by molar-refractivity contribution is 5.92. The molecule has 5 nitrogen and oxygen atoms in total. The number of ether oxygens (including phenoxy) is 1. The highest BCUT2D eigenvalue weighted by atomic mass is 16.5. The minimum absolute atomic E-state index is 0.0696. The average Bonchev–Trinajstić information content (AvgIpc) is 3.11. The van der Waals surface area contributed by atoms with E-state index in [9.17, 15) is 4.79 Å². The zero-order valence-electron chi connectivity index (χ0n) is 13.0. The van der Waals surface area contributed by atoms with Crippen molar-refractivity contribution in [3.8, 4) is 11.3 Å². The van der Waals surface area contributed by atoms with Crippen LogP contribution in [0, 0.1) is 0 Å². The van der Waals surface area contributed by atoms with Crippen molar-refractivity contribution in [1.82, 2.24) is 10.1 Å². The van der Waals surface area contributed by atoms with Crippen LogP contribution in [-0.2, 0) is 4.74 Å². The summed E-state index contributed by atoms with van der Waals surface area (Å²) in [6, 6.07) is 11.7. The summed E-state index contributed by atoms with van der Waals surface area (Å²) in [5.74, 6) is 0.245. The third-order valence-corrected chi connectivity index (χ3v) is 4.78. The van der Waals surface area contributed by atoms with Crippen molar-refractivity contribution < 1.29 is 14.1 Å². The summed E-state index contributed by atoms with van der Waals surface area (Å²) in [5, 5.41) is 4.05. The van der Waals surface area contributed by atoms with Gasteiger partial charge in [-0.05, 0) is 12.8 Å². The molecular weight excluding hydrogens is 292 g/mol. The Labute approximate surface area is 135 Å². The molecule has 1 aromatic carbocycles. The van der Waals surface area contributed by atoms with Gasteiger partial charge < -0.3 is 14.2 Å². The third kappa shape index (κ3) is 2.77. The molecule has 2 aromatic rings. The number of morpholine rings is 1. The van der Waals surface area contributed by atoms with E-state index in [4.69, 9.17) is 9.26 Å². The monoisotopic (exact) mass is 312 g/mol. The summed E-state index contributed by atoms with van der Waals surface area (Å²) in [6.45, 7) is 1.23. The van der Waals surface area contributed by atoms with Crippen molar-refractivity contribution >= 4 is 5.91 Å². The summed E-state index contributed by atoms with van der Waals surface area (Å²) in [7, 11) is 0. The van der Waals surface area contributed by atoms with Gasteiger partial charge in [-0.2, -0.15) is 0 Å². The Hall–Kier alpha value is -2.14. The number of nitrogens with zero attached hydrogens (tertiary/aromatic N) is 2. The van der Waals surface area contributed by atoms with Crippen molar-refractivity contribution in [2.45, 2.75) is 37.8 Å². The molecule has 2 aliphatic rings. The Morgan fingerprint density at radius 1 is 1.17 bits per heavy atom. The molecule has 0 bridgehead atoms. The van der Waals surface area contributed by atoms with E-state index in [1.54, 1.807) is 6.07 Å².